The Morgan fingerprint density at radius 1 is 0.645 bits per heavy atom. The van der Waals surface area contributed by atoms with Gasteiger partial charge in [-0.25, -0.2) is 0 Å². The fraction of sp³-hybridized carbons (Fsp3) is 0.963. The van der Waals surface area contributed by atoms with Crippen LogP contribution in [0.15, 0.2) is 0 Å². The van der Waals surface area contributed by atoms with Crippen LogP contribution < -0.4 is 0 Å². The molecule has 2 nitrogen and oxygen atoms in total. The van der Waals surface area contributed by atoms with Crippen molar-refractivity contribution in [3.8, 4) is 0 Å². The van der Waals surface area contributed by atoms with Crippen LogP contribution in [0.2, 0.25) is 0 Å². The molecule has 0 saturated heterocycles. The summed E-state index contributed by atoms with van der Waals surface area (Å²) >= 11 is 11.6. The fourth-order valence-corrected chi connectivity index (χ4v) is 5.06. The van der Waals surface area contributed by atoms with Crippen LogP contribution in [-0.4, -0.2) is 23.8 Å². The topological polar surface area (TPSA) is 26.3 Å². The monoisotopic (exact) mass is 476 g/mol. The van der Waals surface area contributed by atoms with Crippen molar-refractivity contribution in [3.05, 3.63) is 0 Å². The highest BCUT2D eigenvalue weighted by atomic mass is 35.5. The molecule has 0 aromatic carbocycles. The molecule has 0 N–H and O–H groups in total. The van der Waals surface area contributed by atoms with E-state index >= 15 is 0 Å². The van der Waals surface area contributed by atoms with E-state index < -0.39 is 4.84 Å². The maximum absolute atomic E-state index is 10.8. The van der Waals surface area contributed by atoms with Gasteiger partial charge in [0.15, 0.2) is 0 Å². The highest BCUT2D eigenvalue weighted by molar-refractivity contribution is 6.45. The fourth-order valence-electron chi connectivity index (χ4n) is 4.69. The van der Waals surface area contributed by atoms with E-state index in [1.807, 2.05) is 0 Å². The average molecular weight is 478 g/mol. The van der Waals surface area contributed by atoms with E-state index in [1.54, 1.807) is 0 Å². The van der Waals surface area contributed by atoms with E-state index in [1.165, 1.54) is 128 Å². The maximum atomic E-state index is 10.8. The first kappa shape index (κ1) is 29.2. The van der Waals surface area contributed by atoms with Crippen LogP contribution in [0.3, 0.4) is 0 Å². The van der Waals surface area contributed by atoms with Crippen LogP contribution in [0.25, 0.3) is 0 Å². The average Bonchev–Trinajstić information content (AvgIpc) is 2.78. The van der Waals surface area contributed by atoms with Gasteiger partial charge in [-0.2, -0.15) is 0 Å². The molecule has 1 aliphatic carbocycles. The van der Waals surface area contributed by atoms with Crippen molar-refractivity contribution in [1.29, 1.82) is 0 Å². The lowest BCUT2D eigenvalue weighted by molar-refractivity contribution is -0.110. The molecular formula is C27H50Cl2O2. The predicted octanol–water partition coefficient (Wildman–Crippen LogP) is 9.59. The second-order valence-electron chi connectivity index (χ2n) is 9.71. The molecule has 184 valence electrons. The first-order chi connectivity index (χ1) is 15.2. The summed E-state index contributed by atoms with van der Waals surface area (Å²) in [5.74, 6) is -0.186. The molecular weight excluding hydrogens is 427 g/mol. The molecule has 0 aliphatic heterocycles. The van der Waals surface area contributed by atoms with Crippen molar-refractivity contribution in [2.24, 2.45) is 5.92 Å². The van der Waals surface area contributed by atoms with E-state index in [2.05, 4.69) is 0 Å². The summed E-state index contributed by atoms with van der Waals surface area (Å²) in [5, 5.41) is 0. The SMILES string of the molecule is O=CC(CCCCCCCCCCCCCCCCCCOC1CCCCC1)C(Cl)Cl. The van der Waals surface area contributed by atoms with Gasteiger partial charge in [-0.15, -0.1) is 23.2 Å². The number of halogens is 2. The Morgan fingerprint density at radius 2 is 1.06 bits per heavy atom. The third-order valence-corrected chi connectivity index (χ3v) is 7.48. The number of hydrogen-bond donors (Lipinski definition) is 0. The Labute approximate surface area is 203 Å². The summed E-state index contributed by atoms with van der Waals surface area (Å²) in [6.45, 7) is 0.994. The molecule has 1 saturated carbocycles. The third-order valence-electron chi connectivity index (χ3n) is 6.84. The van der Waals surface area contributed by atoms with E-state index in [0.717, 1.165) is 25.7 Å². The normalized spacial score (nSPS) is 16.1. The number of unbranched alkanes of at least 4 members (excludes halogenated alkanes) is 15. The van der Waals surface area contributed by atoms with E-state index in [0.29, 0.717) is 6.10 Å². The summed E-state index contributed by atoms with van der Waals surface area (Å²) in [6, 6.07) is 0. The highest BCUT2D eigenvalue weighted by Gasteiger charge is 2.15. The smallest absolute Gasteiger partial charge is 0.125 e. The summed E-state index contributed by atoms with van der Waals surface area (Å²) in [5.41, 5.74) is 0. The predicted molar refractivity (Wildman–Crippen MR) is 136 cm³/mol. The number of alkyl halides is 2. The third kappa shape index (κ3) is 18.3. The lowest BCUT2D eigenvalue weighted by atomic mass is 9.98. The Balaban J connectivity index is 1.68. The van der Waals surface area contributed by atoms with Gasteiger partial charge in [0.2, 0.25) is 0 Å². The molecule has 0 bridgehead atoms. The van der Waals surface area contributed by atoms with Gasteiger partial charge in [-0.3, -0.25) is 0 Å². The molecule has 1 fully saturated rings. The maximum Gasteiger partial charge on any atom is 0.125 e. The summed E-state index contributed by atoms with van der Waals surface area (Å²) in [6.07, 6.45) is 30.6. The largest absolute Gasteiger partial charge is 0.378 e. The van der Waals surface area contributed by atoms with Crippen molar-refractivity contribution in [2.75, 3.05) is 6.61 Å². The summed E-state index contributed by atoms with van der Waals surface area (Å²) in [7, 11) is 0. The molecule has 1 rings (SSSR count). The van der Waals surface area contributed by atoms with Gasteiger partial charge in [0.1, 0.15) is 11.1 Å². The van der Waals surface area contributed by atoms with Gasteiger partial charge in [0.25, 0.3) is 0 Å². The zero-order valence-electron chi connectivity index (χ0n) is 20.1. The standard InChI is InChI=1S/C27H50Cl2O2/c28-27(29)25(24-30)20-16-13-11-9-7-5-3-1-2-4-6-8-10-12-14-19-23-31-26-21-17-15-18-22-26/h24-27H,1-23H2. The van der Waals surface area contributed by atoms with Gasteiger partial charge < -0.3 is 9.53 Å². The molecule has 0 radical (unpaired) electrons. The molecule has 0 heterocycles. The number of aldehydes is 1. The van der Waals surface area contributed by atoms with Crippen LogP contribution in [0, 0.1) is 5.92 Å². The molecule has 0 spiro atoms. The van der Waals surface area contributed by atoms with E-state index in [4.69, 9.17) is 27.9 Å². The van der Waals surface area contributed by atoms with Gasteiger partial charge in [-0.05, 0) is 25.7 Å². The van der Waals surface area contributed by atoms with Crippen molar-refractivity contribution in [2.45, 2.75) is 152 Å². The van der Waals surface area contributed by atoms with Gasteiger partial charge in [-0.1, -0.05) is 116 Å². The molecule has 4 heteroatoms. The molecule has 1 unspecified atom stereocenters. The van der Waals surface area contributed by atoms with Crippen LogP contribution in [0.4, 0.5) is 0 Å². The van der Waals surface area contributed by atoms with Crippen molar-refractivity contribution >= 4 is 29.5 Å². The molecule has 0 aromatic heterocycles. The van der Waals surface area contributed by atoms with E-state index in [-0.39, 0.29) is 5.92 Å². The Kier molecular flexibility index (Phi) is 20.8. The van der Waals surface area contributed by atoms with Crippen molar-refractivity contribution in [1.82, 2.24) is 0 Å². The summed E-state index contributed by atoms with van der Waals surface area (Å²) in [4.78, 5) is 10.3. The molecule has 0 amide bonds. The van der Waals surface area contributed by atoms with Crippen LogP contribution in [-0.2, 0) is 9.53 Å². The number of hydrogen-bond acceptors (Lipinski definition) is 2. The first-order valence-electron chi connectivity index (χ1n) is 13.6. The van der Waals surface area contributed by atoms with Crippen LogP contribution in [0.1, 0.15) is 141 Å². The second-order valence-corrected chi connectivity index (χ2v) is 10.9. The summed E-state index contributed by atoms with van der Waals surface area (Å²) < 4.78 is 6.01. The highest BCUT2D eigenvalue weighted by Crippen LogP contribution is 2.21. The Bertz CT molecular complexity index is 383. The number of carbonyl (C=O) groups excluding carboxylic acids is 1. The first-order valence-corrected chi connectivity index (χ1v) is 14.5. The van der Waals surface area contributed by atoms with Crippen LogP contribution in [0.5, 0.6) is 0 Å². The second kappa shape index (κ2) is 22.0. The lowest BCUT2D eigenvalue weighted by Gasteiger charge is -2.21. The number of ether oxygens (including phenoxy) is 1. The van der Waals surface area contributed by atoms with Crippen molar-refractivity contribution < 1.29 is 9.53 Å². The lowest BCUT2D eigenvalue weighted by Crippen LogP contribution is -2.17. The molecule has 1 atom stereocenters. The van der Waals surface area contributed by atoms with Crippen LogP contribution >= 0.6 is 23.2 Å². The van der Waals surface area contributed by atoms with Gasteiger partial charge in [0.05, 0.1) is 6.10 Å². The molecule has 0 aromatic rings. The Hall–Kier alpha value is 0.210. The minimum atomic E-state index is -0.548. The minimum absolute atomic E-state index is 0.186. The number of rotatable bonds is 22. The number of carbonyl (C=O) groups is 1. The molecule has 1 aliphatic rings. The zero-order valence-corrected chi connectivity index (χ0v) is 21.7. The van der Waals surface area contributed by atoms with Crippen molar-refractivity contribution in [3.63, 3.8) is 0 Å². The Morgan fingerprint density at radius 3 is 1.48 bits per heavy atom. The van der Waals surface area contributed by atoms with Gasteiger partial charge in [0, 0.05) is 12.5 Å². The van der Waals surface area contributed by atoms with E-state index in [9.17, 15) is 4.79 Å². The zero-order chi connectivity index (χ0) is 22.4. The quantitative estimate of drug-likeness (QED) is 0.0881. The van der Waals surface area contributed by atoms with Gasteiger partial charge >= 0.3 is 0 Å². The molecule has 31 heavy (non-hydrogen) atoms. The minimum Gasteiger partial charge on any atom is -0.378 e.